The maximum absolute atomic E-state index is 12.5. The first kappa shape index (κ1) is 17.5. The van der Waals surface area contributed by atoms with Crippen LogP contribution in [0.5, 0.6) is 0 Å². The number of aryl methyl sites for hydroxylation is 1. The highest BCUT2D eigenvalue weighted by Gasteiger charge is 2.28. The van der Waals surface area contributed by atoms with Crippen LogP contribution in [0, 0.1) is 6.92 Å². The Morgan fingerprint density at radius 1 is 1.10 bits per heavy atom. The Labute approximate surface area is 167 Å². The molecule has 5 heterocycles. The van der Waals surface area contributed by atoms with E-state index in [1.807, 2.05) is 29.6 Å². The number of hydrogen-bond acceptors (Lipinski definition) is 6. The fourth-order valence-electron chi connectivity index (χ4n) is 4.01. The van der Waals surface area contributed by atoms with Gasteiger partial charge in [0.25, 0.3) is 5.56 Å². The summed E-state index contributed by atoms with van der Waals surface area (Å²) in [7, 11) is 0. The third-order valence-electron chi connectivity index (χ3n) is 5.37. The van der Waals surface area contributed by atoms with E-state index in [9.17, 15) is 4.79 Å². The Hall–Kier alpha value is -3.55. The SMILES string of the molecule is Cc1cc(N2CCCC2Cn2nc(-c3ccncc3)ccc2=O)n2nccc2n1. The zero-order valence-electron chi connectivity index (χ0n) is 16.1. The summed E-state index contributed by atoms with van der Waals surface area (Å²) in [6.07, 6.45) is 7.28. The van der Waals surface area contributed by atoms with Crippen LogP contribution in [-0.4, -0.2) is 41.9 Å². The van der Waals surface area contributed by atoms with Gasteiger partial charge in [-0.25, -0.2) is 9.67 Å². The lowest BCUT2D eigenvalue weighted by Gasteiger charge is -2.27. The van der Waals surface area contributed by atoms with Crippen molar-refractivity contribution < 1.29 is 0 Å². The zero-order chi connectivity index (χ0) is 19.8. The Balaban J connectivity index is 1.49. The van der Waals surface area contributed by atoms with Crippen molar-refractivity contribution in [2.24, 2.45) is 0 Å². The first-order valence-corrected chi connectivity index (χ1v) is 9.76. The molecule has 1 saturated heterocycles. The van der Waals surface area contributed by atoms with Crippen molar-refractivity contribution in [3.63, 3.8) is 0 Å². The molecule has 0 bridgehead atoms. The molecule has 1 fully saturated rings. The van der Waals surface area contributed by atoms with Crippen LogP contribution in [0.4, 0.5) is 5.82 Å². The molecule has 4 aromatic rings. The largest absolute Gasteiger partial charge is 0.352 e. The summed E-state index contributed by atoms with van der Waals surface area (Å²) in [6, 6.07) is 11.3. The zero-order valence-corrected chi connectivity index (χ0v) is 16.1. The molecular weight excluding hydrogens is 366 g/mol. The van der Waals surface area contributed by atoms with Gasteiger partial charge in [0.05, 0.1) is 24.5 Å². The first-order valence-electron chi connectivity index (χ1n) is 9.76. The normalized spacial score (nSPS) is 16.6. The van der Waals surface area contributed by atoms with Gasteiger partial charge in [0.2, 0.25) is 0 Å². The highest BCUT2D eigenvalue weighted by Crippen LogP contribution is 2.27. The third-order valence-corrected chi connectivity index (χ3v) is 5.37. The van der Waals surface area contributed by atoms with Gasteiger partial charge in [-0.2, -0.15) is 14.7 Å². The Bertz CT molecular complexity index is 1210. The Morgan fingerprint density at radius 2 is 1.97 bits per heavy atom. The second-order valence-electron chi connectivity index (χ2n) is 7.32. The summed E-state index contributed by atoms with van der Waals surface area (Å²) in [4.78, 5) is 23.4. The van der Waals surface area contributed by atoms with Gasteiger partial charge in [-0.15, -0.1) is 0 Å². The van der Waals surface area contributed by atoms with Gasteiger partial charge < -0.3 is 4.90 Å². The van der Waals surface area contributed by atoms with Crippen molar-refractivity contribution in [2.75, 3.05) is 11.4 Å². The molecule has 29 heavy (non-hydrogen) atoms. The van der Waals surface area contributed by atoms with E-state index in [2.05, 4.69) is 31.1 Å². The molecule has 146 valence electrons. The summed E-state index contributed by atoms with van der Waals surface area (Å²) in [6.45, 7) is 3.44. The molecule has 0 N–H and O–H groups in total. The van der Waals surface area contributed by atoms with Crippen LogP contribution < -0.4 is 10.5 Å². The van der Waals surface area contributed by atoms with Gasteiger partial charge >= 0.3 is 0 Å². The number of anilines is 1. The molecule has 1 aliphatic heterocycles. The fraction of sp³-hybridized carbons (Fsp3) is 0.286. The van der Waals surface area contributed by atoms with Gasteiger partial charge in [-0.1, -0.05) is 0 Å². The number of hydrogen-bond donors (Lipinski definition) is 0. The summed E-state index contributed by atoms with van der Waals surface area (Å²) < 4.78 is 3.45. The monoisotopic (exact) mass is 387 g/mol. The molecule has 1 atom stereocenters. The molecule has 0 radical (unpaired) electrons. The lowest BCUT2D eigenvalue weighted by molar-refractivity contribution is 0.487. The topological polar surface area (TPSA) is 81.2 Å². The van der Waals surface area contributed by atoms with E-state index in [0.717, 1.165) is 47.8 Å². The molecule has 1 unspecified atom stereocenters. The minimum Gasteiger partial charge on any atom is -0.352 e. The number of pyridine rings is 1. The van der Waals surface area contributed by atoms with E-state index in [4.69, 9.17) is 0 Å². The van der Waals surface area contributed by atoms with Crippen LogP contribution in [0.3, 0.4) is 0 Å². The van der Waals surface area contributed by atoms with Crippen molar-refractivity contribution in [1.82, 2.24) is 29.4 Å². The third kappa shape index (κ3) is 3.26. The smallest absolute Gasteiger partial charge is 0.266 e. The second kappa shape index (κ2) is 7.12. The van der Waals surface area contributed by atoms with Gasteiger partial charge in [-0.3, -0.25) is 9.78 Å². The van der Waals surface area contributed by atoms with E-state index in [1.54, 1.807) is 35.4 Å². The maximum Gasteiger partial charge on any atom is 0.266 e. The number of rotatable bonds is 4. The fourth-order valence-corrected chi connectivity index (χ4v) is 4.01. The lowest BCUT2D eigenvalue weighted by atomic mass is 10.2. The average molecular weight is 387 g/mol. The Kier molecular flexibility index (Phi) is 4.31. The average Bonchev–Trinajstić information content (AvgIpc) is 3.39. The predicted octanol–water partition coefficient (Wildman–Crippen LogP) is 2.33. The first-order chi connectivity index (χ1) is 14.2. The van der Waals surface area contributed by atoms with Gasteiger partial charge in [-0.05, 0) is 38.0 Å². The highest BCUT2D eigenvalue weighted by atomic mass is 16.1. The number of fused-ring (bicyclic) bond motifs is 1. The van der Waals surface area contributed by atoms with Crippen molar-refractivity contribution in [3.8, 4) is 11.3 Å². The molecule has 0 spiro atoms. The van der Waals surface area contributed by atoms with Crippen LogP contribution in [0.15, 0.2) is 59.8 Å². The number of nitrogens with zero attached hydrogens (tertiary/aromatic N) is 7. The second-order valence-corrected chi connectivity index (χ2v) is 7.32. The minimum atomic E-state index is -0.0928. The molecule has 4 aromatic heterocycles. The summed E-state index contributed by atoms with van der Waals surface area (Å²) in [5, 5.41) is 9.06. The van der Waals surface area contributed by atoms with Crippen LogP contribution >= 0.6 is 0 Å². The molecule has 0 saturated carbocycles. The van der Waals surface area contributed by atoms with Crippen molar-refractivity contribution in [3.05, 3.63) is 71.0 Å². The van der Waals surface area contributed by atoms with Crippen molar-refractivity contribution in [1.29, 1.82) is 0 Å². The van der Waals surface area contributed by atoms with Gasteiger partial charge in [0.15, 0.2) is 5.65 Å². The van der Waals surface area contributed by atoms with Crippen molar-refractivity contribution >= 4 is 11.5 Å². The maximum atomic E-state index is 12.5. The van der Waals surface area contributed by atoms with Gasteiger partial charge in [0.1, 0.15) is 5.82 Å². The van der Waals surface area contributed by atoms with E-state index in [-0.39, 0.29) is 11.6 Å². The highest BCUT2D eigenvalue weighted by molar-refractivity contribution is 5.57. The quantitative estimate of drug-likeness (QED) is 0.535. The predicted molar refractivity (Wildman–Crippen MR) is 110 cm³/mol. The van der Waals surface area contributed by atoms with Gasteiger partial charge in [0, 0.05) is 48.4 Å². The molecule has 8 nitrogen and oxygen atoms in total. The Morgan fingerprint density at radius 3 is 2.83 bits per heavy atom. The van der Waals surface area contributed by atoms with E-state index >= 15 is 0 Å². The standard InChI is InChI=1S/C21H21N7O/c1-15-13-20(28-19(24-15)8-11-23-28)26-12-2-3-17(26)14-27-21(29)5-4-18(25-27)16-6-9-22-10-7-16/h4-11,13,17H,2-3,12,14H2,1H3. The van der Waals surface area contributed by atoms with E-state index in [0.29, 0.717) is 6.54 Å². The molecule has 1 aliphatic rings. The van der Waals surface area contributed by atoms with Crippen LogP contribution in [0.1, 0.15) is 18.5 Å². The molecule has 0 amide bonds. The van der Waals surface area contributed by atoms with Crippen LogP contribution in [0.2, 0.25) is 0 Å². The molecule has 0 aromatic carbocycles. The minimum absolute atomic E-state index is 0.0928. The molecule has 5 rings (SSSR count). The van der Waals surface area contributed by atoms with E-state index in [1.165, 1.54) is 0 Å². The summed E-state index contributed by atoms with van der Waals surface area (Å²) >= 11 is 0. The molecule has 8 heteroatoms. The molecule has 0 aliphatic carbocycles. The summed E-state index contributed by atoms with van der Waals surface area (Å²) in [5.74, 6) is 1.01. The van der Waals surface area contributed by atoms with Crippen LogP contribution in [-0.2, 0) is 6.54 Å². The lowest BCUT2D eigenvalue weighted by Crippen LogP contribution is -2.38. The number of aromatic nitrogens is 6. The van der Waals surface area contributed by atoms with Crippen molar-refractivity contribution in [2.45, 2.75) is 32.4 Å². The van der Waals surface area contributed by atoms with Crippen LogP contribution in [0.25, 0.3) is 16.9 Å². The summed E-state index contributed by atoms with van der Waals surface area (Å²) in [5.41, 5.74) is 3.41. The molecular formula is C21H21N7O. The van der Waals surface area contributed by atoms with E-state index < -0.39 is 0 Å².